The number of hydrogen-bond donors (Lipinski definition) is 1. The van der Waals surface area contributed by atoms with E-state index in [2.05, 4.69) is 0 Å². The Hall–Kier alpha value is -0.620. The van der Waals surface area contributed by atoms with Crippen LogP contribution < -0.4 is 0 Å². The number of nitrogens with zero attached hydrogens (tertiary/aromatic N) is 1. The van der Waals surface area contributed by atoms with E-state index in [4.69, 9.17) is 5.11 Å². The zero-order chi connectivity index (χ0) is 10.5. The molecule has 0 heterocycles. The fourth-order valence-corrected chi connectivity index (χ4v) is 2.00. The van der Waals surface area contributed by atoms with E-state index in [1.165, 1.54) is 7.05 Å². The molecule has 0 bridgehead atoms. The Kier molecular flexibility index (Phi) is 4.94. The first-order valence-electron chi connectivity index (χ1n) is 4.06. The monoisotopic (exact) mass is 209 g/mol. The fraction of sp³-hybridized carbons (Fsp3) is 0.857. The van der Waals surface area contributed by atoms with E-state index in [0.717, 1.165) is 4.31 Å². The highest BCUT2D eigenvalue weighted by molar-refractivity contribution is 7.89. The van der Waals surface area contributed by atoms with Crippen molar-refractivity contribution in [2.24, 2.45) is 0 Å². The van der Waals surface area contributed by atoms with Crippen LogP contribution in [-0.4, -0.2) is 43.1 Å². The van der Waals surface area contributed by atoms with Gasteiger partial charge in [0.15, 0.2) is 0 Å². The predicted octanol–water partition coefficient (Wildman–Crippen LogP) is 0.133. The standard InChI is InChI=1S/C7H15NO4S/c1-3-6-13(11,12)8(2)5-4-7(9)10/h3-6H2,1-2H3,(H,9,10). The van der Waals surface area contributed by atoms with Gasteiger partial charge < -0.3 is 5.11 Å². The third-order valence-corrected chi connectivity index (χ3v) is 3.63. The first-order valence-corrected chi connectivity index (χ1v) is 5.67. The molecule has 0 unspecified atom stereocenters. The largest absolute Gasteiger partial charge is 0.481 e. The van der Waals surface area contributed by atoms with Crippen LogP contribution in [0.3, 0.4) is 0 Å². The Bertz CT molecular complexity index is 260. The Labute approximate surface area is 78.4 Å². The van der Waals surface area contributed by atoms with Crippen molar-refractivity contribution in [1.82, 2.24) is 4.31 Å². The Morgan fingerprint density at radius 3 is 2.38 bits per heavy atom. The summed E-state index contributed by atoms with van der Waals surface area (Å²) in [6, 6.07) is 0. The van der Waals surface area contributed by atoms with Crippen LogP contribution in [0.4, 0.5) is 0 Å². The summed E-state index contributed by atoms with van der Waals surface area (Å²) < 4.78 is 23.6. The van der Waals surface area contributed by atoms with Gasteiger partial charge in [0.05, 0.1) is 12.2 Å². The lowest BCUT2D eigenvalue weighted by atomic mass is 10.4. The summed E-state index contributed by atoms with van der Waals surface area (Å²) in [5.74, 6) is -0.915. The molecule has 6 heteroatoms. The van der Waals surface area contributed by atoms with Crippen LogP contribution in [-0.2, 0) is 14.8 Å². The summed E-state index contributed by atoms with van der Waals surface area (Å²) >= 11 is 0. The molecular formula is C7H15NO4S. The molecule has 13 heavy (non-hydrogen) atoms. The molecule has 0 radical (unpaired) electrons. The molecule has 0 amide bonds. The lowest BCUT2D eigenvalue weighted by Crippen LogP contribution is -2.31. The van der Waals surface area contributed by atoms with Gasteiger partial charge >= 0.3 is 5.97 Å². The van der Waals surface area contributed by atoms with E-state index in [1.54, 1.807) is 6.92 Å². The van der Waals surface area contributed by atoms with E-state index in [-0.39, 0.29) is 18.7 Å². The number of rotatable bonds is 6. The normalized spacial score (nSPS) is 11.9. The molecule has 78 valence electrons. The first kappa shape index (κ1) is 12.4. The van der Waals surface area contributed by atoms with Crippen molar-refractivity contribution in [3.05, 3.63) is 0 Å². The number of carbonyl (C=O) groups is 1. The van der Waals surface area contributed by atoms with E-state index in [0.29, 0.717) is 6.42 Å². The average Bonchev–Trinajstić information content (AvgIpc) is 1.99. The second kappa shape index (κ2) is 5.18. The van der Waals surface area contributed by atoms with Crippen molar-refractivity contribution in [2.75, 3.05) is 19.3 Å². The highest BCUT2D eigenvalue weighted by atomic mass is 32.2. The second-order valence-electron chi connectivity index (χ2n) is 2.78. The average molecular weight is 209 g/mol. The van der Waals surface area contributed by atoms with Gasteiger partial charge in [-0.3, -0.25) is 4.79 Å². The van der Waals surface area contributed by atoms with Crippen LogP contribution in [0.15, 0.2) is 0 Å². The molecule has 0 aliphatic heterocycles. The molecule has 0 spiro atoms. The molecule has 0 aromatic rings. The van der Waals surface area contributed by atoms with Crippen molar-refractivity contribution in [2.45, 2.75) is 19.8 Å². The number of aliphatic carboxylic acids is 1. The smallest absolute Gasteiger partial charge is 0.304 e. The van der Waals surface area contributed by atoms with E-state index in [9.17, 15) is 13.2 Å². The lowest BCUT2D eigenvalue weighted by molar-refractivity contribution is -0.137. The summed E-state index contributed by atoms with van der Waals surface area (Å²) in [5, 5.41) is 8.34. The summed E-state index contributed by atoms with van der Waals surface area (Å²) in [4.78, 5) is 10.2. The Balaban J connectivity index is 4.09. The van der Waals surface area contributed by atoms with Crippen LogP contribution in [0.1, 0.15) is 19.8 Å². The van der Waals surface area contributed by atoms with E-state index < -0.39 is 16.0 Å². The van der Waals surface area contributed by atoms with Crippen LogP contribution >= 0.6 is 0 Å². The van der Waals surface area contributed by atoms with Crippen LogP contribution in [0.2, 0.25) is 0 Å². The van der Waals surface area contributed by atoms with Gasteiger partial charge in [-0.25, -0.2) is 12.7 Å². The molecule has 0 saturated heterocycles. The zero-order valence-corrected chi connectivity index (χ0v) is 8.67. The summed E-state index contributed by atoms with van der Waals surface area (Å²) in [6.45, 7) is 1.81. The van der Waals surface area contributed by atoms with Gasteiger partial charge in [0, 0.05) is 13.6 Å². The fourth-order valence-electron chi connectivity index (χ4n) is 0.806. The maximum absolute atomic E-state index is 11.3. The van der Waals surface area contributed by atoms with Crippen molar-refractivity contribution in [1.29, 1.82) is 0 Å². The number of hydrogen-bond acceptors (Lipinski definition) is 3. The molecule has 5 nitrogen and oxygen atoms in total. The van der Waals surface area contributed by atoms with Crippen molar-refractivity contribution < 1.29 is 18.3 Å². The summed E-state index contributed by atoms with van der Waals surface area (Å²) in [6.07, 6.45) is 0.388. The molecule has 0 saturated carbocycles. The van der Waals surface area contributed by atoms with E-state index >= 15 is 0 Å². The molecule has 0 aliphatic carbocycles. The topological polar surface area (TPSA) is 74.7 Å². The first-order chi connectivity index (χ1) is 5.90. The van der Waals surface area contributed by atoms with Gasteiger partial charge in [-0.15, -0.1) is 0 Å². The molecule has 0 fully saturated rings. The molecule has 0 rings (SSSR count). The van der Waals surface area contributed by atoms with Crippen molar-refractivity contribution >= 4 is 16.0 Å². The SMILES string of the molecule is CCCS(=O)(=O)N(C)CCC(=O)O. The maximum atomic E-state index is 11.3. The van der Waals surface area contributed by atoms with Gasteiger partial charge in [-0.1, -0.05) is 6.92 Å². The molecule has 1 N–H and O–H groups in total. The van der Waals surface area contributed by atoms with Crippen LogP contribution in [0, 0.1) is 0 Å². The molecule has 0 atom stereocenters. The minimum Gasteiger partial charge on any atom is -0.481 e. The number of sulfonamides is 1. The Morgan fingerprint density at radius 2 is 2.00 bits per heavy atom. The summed E-state index contributed by atoms with van der Waals surface area (Å²) in [7, 11) is -1.84. The zero-order valence-electron chi connectivity index (χ0n) is 7.86. The van der Waals surface area contributed by atoms with Gasteiger partial charge in [-0.05, 0) is 6.42 Å². The van der Waals surface area contributed by atoms with Crippen LogP contribution in [0.25, 0.3) is 0 Å². The summed E-state index contributed by atoms with van der Waals surface area (Å²) in [5.41, 5.74) is 0. The van der Waals surface area contributed by atoms with Crippen LogP contribution in [0.5, 0.6) is 0 Å². The van der Waals surface area contributed by atoms with Gasteiger partial charge in [0.25, 0.3) is 0 Å². The second-order valence-corrected chi connectivity index (χ2v) is 4.98. The van der Waals surface area contributed by atoms with Gasteiger partial charge in [0.1, 0.15) is 0 Å². The highest BCUT2D eigenvalue weighted by Gasteiger charge is 2.16. The van der Waals surface area contributed by atoms with Gasteiger partial charge in [0.2, 0.25) is 10.0 Å². The Morgan fingerprint density at radius 1 is 1.46 bits per heavy atom. The third kappa shape index (κ3) is 4.84. The van der Waals surface area contributed by atoms with E-state index in [1.807, 2.05) is 0 Å². The third-order valence-electron chi connectivity index (χ3n) is 1.58. The quantitative estimate of drug-likeness (QED) is 0.675. The number of carboxylic acid groups (broad SMARTS) is 1. The molecule has 0 aliphatic rings. The predicted molar refractivity (Wildman–Crippen MR) is 49.0 cm³/mol. The molecule has 0 aromatic heterocycles. The molecule has 0 aromatic carbocycles. The van der Waals surface area contributed by atoms with Crippen molar-refractivity contribution in [3.8, 4) is 0 Å². The highest BCUT2D eigenvalue weighted by Crippen LogP contribution is 2.00. The van der Waals surface area contributed by atoms with Gasteiger partial charge in [-0.2, -0.15) is 0 Å². The number of carboxylic acids is 1. The lowest BCUT2D eigenvalue weighted by Gasteiger charge is -2.14. The minimum absolute atomic E-state index is 0.0394. The van der Waals surface area contributed by atoms with Crippen molar-refractivity contribution in [3.63, 3.8) is 0 Å². The molecular weight excluding hydrogens is 194 g/mol. The maximum Gasteiger partial charge on any atom is 0.304 e. The minimum atomic E-state index is -3.24.